The monoisotopic (exact) mass is 256 g/mol. The molecule has 1 heterocycles. The first-order chi connectivity index (χ1) is 8.59. The zero-order valence-electron chi connectivity index (χ0n) is 12.8. The average Bonchev–Trinajstić information content (AvgIpc) is 2.24. The van der Waals surface area contributed by atoms with Crippen LogP contribution in [0, 0.1) is 0 Å². The number of fused-ring (bicyclic) bond motifs is 1. The van der Waals surface area contributed by atoms with Gasteiger partial charge in [-0.3, -0.25) is 4.98 Å². The molecule has 2 heteroatoms. The highest BCUT2D eigenvalue weighted by Crippen LogP contribution is 2.33. The van der Waals surface area contributed by atoms with E-state index in [-0.39, 0.29) is 10.8 Å². The first-order valence-electron chi connectivity index (χ1n) is 6.80. The van der Waals surface area contributed by atoms with Crippen molar-refractivity contribution in [2.24, 2.45) is 0 Å². The lowest BCUT2D eigenvalue weighted by molar-refractivity contribution is 0.558. The molecule has 0 saturated heterocycles. The van der Waals surface area contributed by atoms with E-state index in [0.717, 1.165) is 16.9 Å². The predicted octanol–water partition coefficient (Wildman–Crippen LogP) is 4.41. The van der Waals surface area contributed by atoms with Gasteiger partial charge in [0.25, 0.3) is 0 Å². The van der Waals surface area contributed by atoms with E-state index in [1.54, 1.807) is 0 Å². The molecule has 0 atom stereocenters. The van der Waals surface area contributed by atoms with Crippen molar-refractivity contribution in [2.45, 2.75) is 52.4 Å². The van der Waals surface area contributed by atoms with E-state index >= 15 is 0 Å². The number of nitrogens with zero attached hydrogens (tertiary/aromatic N) is 1. The second-order valence-electron chi connectivity index (χ2n) is 7.33. The molecule has 19 heavy (non-hydrogen) atoms. The van der Waals surface area contributed by atoms with E-state index in [2.05, 4.69) is 53.7 Å². The molecule has 2 nitrogen and oxygen atoms in total. The molecule has 0 amide bonds. The quantitative estimate of drug-likeness (QED) is 0.709. The maximum absolute atomic E-state index is 5.90. The lowest BCUT2D eigenvalue weighted by Gasteiger charge is -2.26. The minimum Gasteiger partial charge on any atom is -0.399 e. The third-order valence-corrected chi connectivity index (χ3v) is 3.41. The number of pyridine rings is 1. The van der Waals surface area contributed by atoms with Crippen molar-refractivity contribution in [3.8, 4) is 0 Å². The van der Waals surface area contributed by atoms with Crippen LogP contribution in [0.2, 0.25) is 0 Å². The van der Waals surface area contributed by atoms with Crippen LogP contribution in [0.1, 0.15) is 52.8 Å². The van der Waals surface area contributed by atoms with Crippen LogP contribution in [-0.2, 0) is 10.8 Å². The highest BCUT2D eigenvalue weighted by Gasteiger charge is 2.23. The third-order valence-electron chi connectivity index (χ3n) is 3.41. The van der Waals surface area contributed by atoms with Crippen LogP contribution in [0.4, 0.5) is 5.69 Å². The summed E-state index contributed by atoms with van der Waals surface area (Å²) in [5.74, 6) is 0. The van der Waals surface area contributed by atoms with Crippen molar-refractivity contribution in [3.63, 3.8) is 0 Å². The van der Waals surface area contributed by atoms with Crippen LogP contribution in [0.25, 0.3) is 10.9 Å². The molecule has 0 radical (unpaired) electrons. The summed E-state index contributed by atoms with van der Waals surface area (Å²) < 4.78 is 0. The van der Waals surface area contributed by atoms with E-state index in [4.69, 9.17) is 10.7 Å². The Morgan fingerprint density at radius 3 is 2.05 bits per heavy atom. The lowest BCUT2D eigenvalue weighted by atomic mass is 9.81. The fourth-order valence-corrected chi connectivity index (χ4v) is 2.25. The summed E-state index contributed by atoms with van der Waals surface area (Å²) in [6.45, 7) is 13.3. The number of nitrogens with two attached hydrogens (primary N) is 1. The van der Waals surface area contributed by atoms with Crippen LogP contribution < -0.4 is 5.73 Å². The second kappa shape index (κ2) is 4.22. The molecule has 2 aromatic rings. The normalized spacial score (nSPS) is 12.9. The van der Waals surface area contributed by atoms with Gasteiger partial charge in [0.05, 0.1) is 5.52 Å². The number of nitrogen functional groups attached to an aromatic ring is 1. The van der Waals surface area contributed by atoms with E-state index in [9.17, 15) is 0 Å². The van der Waals surface area contributed by atoms with E-state index in [1.165, 1.54) is 10.9 Å². The standard InChI is InChI=1S/C17H24N2/c1-16(2,3)13-10-15(17(4,5)6)19-14-9-11(18)7-8-12(13)14/h7-10H,18H2,1-6H3. The highest BCUT2D eigenvalue weighted by molar-refractivity contribution is 5.86. The summed E-state index contributed by atoms with van der Waals surface area (Å²) in [4.78, 5) is 4.80. The zero-order chi connectivity index (χ0) is 14.4. The summed E-state index contributed by atoms with van der Waals surface area (Å²) in [5, 5.41) is 1.20. The minimum atomic E-state index is 0.0405. The molecular weight excluding hydrogens is 232 g/mol. The maximum Gasteiger partial charge on any atom is 0.0729 e. The van der Waals surface area contributed by atoms with Gasteiger partial charge >= 0.3 is 0 Å². The smallest absolute Gasteiger partial charge is 0.0729 e. The Bertz CT molecular complexity index is 613. The van der Waals surface area contributed by atoms with Gasteiger partial charge in [-0.2, -0.15) is 0 Å². The van der Waals surface area contributed by atoms with Gasteiger partial charge in [0.15, 0.2) is 0 Å². The van der Waals surface area contributed by atoms with Gasteiger partial charge < -0.3 is 5.73 Å². The predicted molar refractivity (Wildman–Crippen MR) is 83.6 cm³/mol. The van der Waals surface area contributed by atoms with Crippen LogP contribution >= 0.6 is 0 Å². The van der Waals surface area contributed by atoms with Crippen molar-refractivity contribution in [3.05, 3.63) is 35.5 Å². The zero-order valence-corrected chi connectivity index (χ0v) is 12.8. The number of aromatic nitrogens is 1. The summed E-state index contributed by atoms with van der Waals surface area (Å²) in [5.41, 5.74) is 10.3. The average molecular weight is 256 g/mol. The molecule has 0 bridgehead atoms. The van der Waals surface area contributed by atoms with Gasteiger partial charge in [-0.1, -0.05) is 47.6 Å². The Morgan fingerprint density at radius 1 is 0.895 bits per heavy atom. The van der Waals surface area contributed by atoms with Crippen molar-refractivity contribution >= 4 is 16.6 Å². The molecule has 2 N–H and O–H groups in total. The van der Waals surface area contributed by atoms with Crippen molar-refractivity contribution in [1.29, 1.82) is 0 Å². The second-order valence-corrected chi connectivity index (χ2v) is 7.33. The Morgan fingerprint density at radius 2 is 1.53 bits per heavy atom. The Hall–Kier alpha value is -1.57. The Labute approximate surface area is 116 Å². The summed E-state index contributed by atoms with van der Waals surface area (Å²) in [7, 11) is 0. The molecule has 0 aliphatic rings. The van der Waals surface area contributed by atoms with Gasteiger partial charge in [0.2, 0.25) is 0 Å². The summed E-state index contributed by atoms with van der Waals surface area (Å²) in [6.07, 6.45) is 0. The topological polar surface area (TPSA) is 38.9 Å². The molecule has 1 aromatic carbocycles. The summed E-state index contributed by atoms with van der Waals surface area (Å²) in [6, 6.07) is 8.26. The number of hydrogen-bond acceptors (Lipinski definition) is 2. The SMILES string of the molecule is CC(C)(C)c1cc(C(C)(C)C)c2ccc(N)cc2n1. The van der Waals surface area contributed by atoms with Crippen molar-refractivity contribution in [2.75, 3.05) is 5.73 Å². The first kappa shape index (κ1) is 13.9. The van der Waals surface area contributed by atoms with Crippen molar-refractivity contribution in [1.82, 2.24) is 4.98 Å². The molecule has 1 aromatic heterocycles. The number of anilines is 1. The van der Waals surface area contributed by atoms with E-state index in [0.29, 0.717) is 0 Å². The molecule has 2 rings (SSSR count). The molecule has 0 saturated carbocycles. The van der Waals surface area contributed by atoms with Crippen LogP contribution in [-0.4, -0.2) is 4.98 Å². The molecule has 102 valence electrons. The number of rotatable bonds is 0. The fraction of sp³-hybridized carbons (Fsp3) is 0.471. The van der Waals surface area contributed by atoms with Gasteiger partial charge in [0, 0.05) is 22.2 Å². The molecule has 0 fully saturated rings. The molecular formula is C17H24N2. The largest absolute Gasteiger partial charge is 0.399 e. The fourth-order valence-electron chi connectivity index (χ4n) is 2.25. The van der Waals surface area contributed by atoms with Crippen LogP contribution in [0.5, 0.6) is 0 Å². The molecule has 0 unspecified atom stereocenters. The molecule has 0 spiro atoms. The third kappa shape index (κ3) is 2.73. The number of benzene rings is 1. The number of hydrogen-bond donors (Lipinski definition) is 1. The molecule has 0 aliphatic carbocycles. The van der Waals surface area contributed by atoms with E-state index in [1.807, 2.05) is 12.1 Å². The minimum absolute atomic E-state index is 0.0405. The lowest BCUT2D eigenvalue weighted by Crippen LogP contribution is -2.18. The Balaban J connectivity index is 2.84. The van der Waals surface area contributed by atoms with Gasteiger partial charge in [0.1, 0.15) is 0 Å². The first-order valence-corrected chi connectivity index (χ1v) is 6.80. The van der Waals surface area contributed by atoms with Crippen LogP contribution in [0.15, 0.2) is 24.3 Å². The van der Waals surface area contributed by atoms with Crippen molar-refractivity contribution < 1.29 is 0 Å². The van der Waals surface area contributed by atoms with Gasteiger partial charge in [-0.15, -0.1) is 0 Å². The maximum atomic E-state index is 5.90. The Kier molecular flexibility index (Phi) is 3.08. The van der Waals surface area contributed by atoms with E-state index < -0.39 is 0 Å². The van der Waals surface area contributed by atoms with Crippen LogP contribution in [0.3, 0.4) is 0 Å². The van der Waals surface area contributed by atoms with Gasteiger partial charge in [-0.25, -0.2) is 0 Å². The summed E-state index contributed by atoms with van der Waals surface area (Å²) >= 11 is 0. The highest BCUT2D eigenvalue weighted by atomic mass is 14.7. The molecule has 0 aliphatic heterocycles. The van der Waals surface area contributed by atoms with Gasteiger partial charge in [-0.05, 0) is 29.2 Å².